The first kappa shape index (κ1) is 18.0. The number of anilines is 1. The van der Waals surface area contributed by atoms with Crippen molar-refractivity contribution in [2.45, 2.75) is 25.5 Å². The van der Waals surface area contributed by atoms with E-state index in [2.05, 4.69) is 22.1 Å². The van der Waals surface area contributed by atoms with Crippen molar-refractivity contribution in [1.29, 1.82) is 0 Å². The van der Waals surface area contributed by atoms with Gasteiger partial charge in [0.25, 0.3) is 0 Å². The Bertz CT molecular complexity index is 912. The van der Waals surface area contributed by atoms with Crippen LogP contribution >= 0.6 is 11.8 Å². The maximum atomic E-state index is 12.2. The van der Waals surface area contributed by atoms with Crippen LogP contribution in [0.25, 0.3) is 11.4 Å². The summed E-state index contributed by atoms with van der Waals surface area (Å²) >= 11 is 1.34. The number of hydrogen-bond acceptors (Lipinski definition) is 5. The van der Waals surface area contributed by atoms with Gasteiger partial charge in [-0.1, -0.05) is 35.5 Å². The minimum absolute atomic E-state index is 0.0898. The van der Waals surface area contributed by atoms with Crippen molar-refractivity contribution in [1.82, 2.24) is 14.8 Å². The minimum Gasteiger partial charge on any atom is -0.469 e. The van der Waals surface area contributed by atoms with Gasteiger partial charge in [0.1, 0.15) is 5.76 Å². The molecular weight excluding hydrogens is 348 g/mol. The van der Waals surface area contributed by atoms with Crippen LogP contribution < -0.4 is 5.32 Å². The molecule has 0 fully saturated rings. The second-order valence-electron chi connectivity index (χ2n) is 5.80. The molecule has 0 aliphatic rings. The number of allylic oxidation sites excluding steroid dienone is 1. The Morgan fingerprint density at radius 2 is 2.04 bits per heavy atom. The lowest BCUT2D eigenvalue weighted by atomic mass is 10.2. The molecule has 1 aromatic carbocycles. The maximum absolute atomic E-state index is 12.2. The number of carbonyl (C=O) groups is 1. The summed E-state index contributed by atoms with van der Waals surface area (Å²) in [5.41, 5.74) is 2.82. The number of aryl methyl sites for hydroxylation is 2. The van der Waals surface area contributed by atoms with Crippen LogP contribution in [0.4, 0.5) is 5.69 Å². The van der Waals surface area contributed by atoms with Gasteiger partial charge in [-0.05, 0) is 32.0 Å². The van der Waals surface area contributed by atoms with E-state index >= 15 is 0 Å². The van der Waals surface area contributed by atoms with Gasteiger partial charge in [-0.2, -0.15) is 0 Å². The van der Waals surface area contributed by atoms with E-state index in [0.717, 1.165) is 22.6 Å². The van der Waals surface area contributed by atoms with Gasteiger partial charge >= 0.3 is 0 Å². The molecule has 134 valence electrons. The smallest absolute Gasteiger partial charge is 0.234 e. The van der Waals surface area contributed by atoms with Crippen molar-refractivity contribution in [3.8, 4) is 11.4 Å². The van der Waals surface area contributed by atoms with Crippen LogP contribution in [0.1, 0.15) is 11.3 Å². The van der Waals surface area contributed by atoms with Crippen LogP contribution in [0.5, 0.6) is 0 Å². The number of nitrogens with one attached hydrogen (secondary N) is 1. The summed E-state index contributed by atoms with van der Waals surface area (Å²) in [6.45, 7) is 8.23. The molecule has 0 saturated heterocycles. The van der Waals surface area contributed by atoms with Gasteiger partial charge in [-0.3, -0.25) is 9.36 Å². The first-order valence-corrected chi connectivity index (χ1v) is 9.15. The van der Waals surface area contributed by atoms with Gasteiger partial charge in [0.2, 0.25) is 5.91 Å². The van der Waals surface area contributed by atoms with Crippen molar-refractivity contribution in [2.24, 2.45) is 0 Å². The third-order valence-corrected chi connectivity index (χ3v) is 4.76. The zero-order chi connectivity index (χ0) is 18.5. The lowest BCUT2D eigenvalue weighted by molar-refractivity contribution is -0.113. The van der Waals surface area contributed by atoms with E-state index in [-0.39, 0.29) is 11.7 Å². The predicted molar refractivity (Wildman–Crippen MR) is 103 cm³/mol. The first-order valence-electron chi connectivity index (χ1n) is 8.16. The number of furan rings is 1. The quantitative estimate of drug-likeness (QED) is 0.503. The molecule has 0 radical (unpaired) electrons. The average molecular weight is 368 g/mol. The first-order chi connectivity index (χ1) is 12.6. The standard InChI is InChI=1S/C19H20N4O2S/c1-4-10-23-18(16-9-11-25-14(16)3)21-22-19(23)26-12-17(24)20-15-7-5-13(2)6-8-15/h4-9,11H,1,10,12H2,2-3H3,(H,20,24). The topological polar surface area (TPSA) is 73.0 Å². The summed E-state index contributed by atoms with van der Waals surface area (Å²) in [5, 5.41) is 12.0. The van der Waals surface area contributed by atoms with E-state index in [9.17, 15) is 4.79 Å². The van der Waals surface area contributed by atoms with Crippen LogP contribution in [0, 0.1) is 13.8 Å². The Kier molecular flexibility index (Phi) is 5.58. The zero-order valence-electron chi connectivity index (χ0n) is 14.7. The van der Waals surface area contributed by atoms with Gasteiger partial charge in [0.05, 0.1) is 17.6 Å². The number of rotatable bonds is 7. The number of thioether (sulfide) groups is 1. The number of aromatic nitrogens is 3. The number of hydrogen-bond donors (Lipinski definition) is 1. The number of amides is 1. The number of benzene rings is 1. The van der Waals surface area contributed by atoms with E-state index in [1.165, 1.54) is 11.8 Å². The molecule has 0 aliphatic carbocycles. The zero-order valence-corrected chi connectivity index (χ0v) is 15.5. The summed E-state index contributed by atoms with van der Waals surface area (Å²) in [7, 11) is 0. The van der Waals surface area contributed by atoms with Gasteiger partial charge in [-0.15, -0.1) is 16.8 Å². The monoisotopic (exact) mass is 368 g/mol. The molecule has 0 spiro atoms. The lowest BCUT2D eigenvalue weighted by Crippen LogP contribution is -2.14. The highest BCUT2D eigenvalue weighted by molar-refractivity contribution is 7.99. The predicted octanol–water partition coefficient (Wildman–Crippen LogP) is 4.07. The van der Waals surface area contributed by atoms with Crippen LogP contribution in [0.2, 0.25) is 0 Å². The minimum atomic E-state index is -0.0898. The fraction of sp³-hybridized carbons (Fsp3) is 0.211. The Morgan fingerprint density at radius 1 is 1.27 bits per heavy atom. The fourth-order valence-electron chi connectivity index (χ4n) is 2.47. The fourth-order valence-corrected chi connectivity index (χ4v) is 3.22. The van der Waals surface area contributed by atoms with Crippen molar-refractivity contribution in [3.63, 3.8) is 0 Å². The Morgan fingerprint density at radius 3 is 2.69 bits per heavy atom. The molecule has 0 unspecified atom stereocenters. The SMILES string of the molecule is C=CCn1c(SCC(=O)Nc2ccc(C)cc2)nnc1-c1ccoc1C. The molecule has 0 atom stereocenters. The third-order valence-electron chi connectivity index (χ3n) is 3.80. The number of carbonyl (C=O) groups excluding carboxylic acids is 1. The summed E-state index contributed by atoms with van der Waals surface area (Å²) in [4.78, 5) is 12.2. The van der Waals surface area contributed by atoms with E-state index < -0.39 is 0 Å². The van der Waals surface area contributed by atoms with E-state index in [0.29, 0.717) is 17.5 Å². The van der Waals surface area contributed by atoms with Crippen LogP contribution in [-0.2, 0) is 11.3 Å². The van der Waals surface area contributed by atoms with Gasteiger partial charge < -0.3 is 9.73 Å². The summed E-state index contributed by atoms with van der Waals surface area (Å²) in [6, 6.07) is 9.55. The largest absolute Gasteiger partial charge is 0.469 e. The normalized spacial score (nSPS) is 10.7. The second kappa shape index (κ2) is 8.05. The molecule has 1 N–H and O–H groups in total. The highest BCUT2D eigenvalue weighted by Crippen LogP contribution is 2.27. The molecule has 0 saturated carbocycles. The summed E-state index contributed by atoms with van der Waals surface area (Å²) < 4.78 is 7.28. The van der Waals surface area contributed by atoms with Gasteiger partial charge in [0, 0.05) is 12.2 Å². The van der Waals surface area contributed by atoms with Crippen LogP contribution in [0.3, 0.4) is 0 Å². The number of nitrogens with zero attached hydrogens (tertiary/aromatic N) is 3. The molecule has 2 aromatic heterocycles. The van der Waals surface area contributed by atoms with Crippen LogP contribution in [0.15, 0.2) is 58.8 Å². The highest BCUT2D eigenvalue weighted by atomic mass is 32.2. The average Bonchev–Trinajstić information content (AvgIpc) is 3.21. The van der Waals surface area contributed by atoms with Gasteiger partial charge in [0.15, 0.2) is 11.0 Å². The molecule has 3 aromatic rings. The van der Waals surface area contributed by atoms with Crippen molar-refractivity contribution >= 4 is 23.4 Å². The highest BCUT2D eigenvalue weighted by Gasteiger charge is 2.17. The molecule has 3 rings (SSSR count). The molecule has 6 nitrogen and oxygen atoms in total. The molecule has 0 bridgehead atoms. The Hall–Kier alpha value is -2.80. The molecule has 1 amide bonds. The molecular formula is C19H20N4O2S. The molecule has 2 heterocycles. The van der Waals surface area contributed by atoms with Gasteiger partial charge in [-0.25, -0.2) is 0 Å². The van der Waals surface area contributed by atoms with E-state index in [1.807, 2.05) is 48.7 Å². The second-order valence-corrected chi connectivity index (χ2v) is 6.74. The van der Waals surface area contributed by atoms with Crippen molar-refractivity contribution in [3.05, 3.63) is 60.6 Å². The van der Waals surface area contributed by atoms with Crippen molar-refractivity contribution < 1.29 is 9.21 Å². The summed E-state index contributed by atoms with van der Waals surface area (Å²) in [5.74, 6) is 1.63. The maximum Gasteiger partial charge on any atom is 0.234 e. The van der Waals surface area contributed by atoms with E-state index in [1.54, 1.807) is 12.3 Å². The summed E-state index contributed by atoms with van der Waals surface area (Å²) in [6.07, 6.45) is 3.40. The van der Waals surface area contributed by atoms with E-state index in [4.69, 9.17) is 4.42 Å². The molecule has 0 aliphatic heterocycles. The third kappa shape index (κ3) is 4.05. The molecule has 26 heavy (non-hydrogen) atoms. The Balaban J connectivity index is 1.70. The molecule has 7 heteroatoms. The Labute approximate surface area is 156 Å². The van der Waals surface area contributed by atoms with Crippen molar-refractivity contribution in [2.75, 3.05) is 11.1 Å². The lowest BCUT2D eigenvalue weighted by Gasteiger charge is -2.08. The van der Waals surface area contributed by atoms with Crippen LogP contribution in [-0.4, -0.2) is 26.4 Å².